The molecular formula is C12H15ClO2. The third kappa shape index (κ3) is 2.33. The highest BCUT2D eigenvalue weighted by Gasteiger charge is 2.31. The number of halogens is 1. The molecule has 1 unspecified atom stereocenters. The van der Waals surface area contributed by atoms with Crippen LogP contribution in [0.25, 0.3) is 0 Å². The van der Waals surface area contributed by atoms with Gasteiger partial charge in [-0.1, -0.05) is 29.8 Å². The minimum Gasteiger partial charge on any atom is -0.385 e. The summed E-state index contributed by atoms with van der Waals surface area (Å²) in [5, 5.41) is 11.2. The molecule has 1 saturated heterocycles. The average molecular weight is 227 g/mol. The molecule has 82 valence electrons. The standard InChI is InChI=1S/C12H15ClO2/c13-11-5-2-1-4-10(11)12(14)6-3-8-15-9-7-12/h1-2,4-5,14H,3,6-9H2. The molecule has 0 bridgehead atoms. The molecule has 0 radical (unpaired) electrons. The van der Waals surface area contributed by atoms with Crippen LogP contribution in [0.3, 0.4) is 0 Å². The smallest absolute Gasteiger partial charge is 0.0933 e. The van der Waals surface area contributed by atoms with Crippen molar-refractivity contribution in [1.29, 1.82) is 0 Å². The summed E-state index contributed by atoms with van der Waals surface area (Å²) in [6.45, 7) is 1.33. The summed E-state index contributed by atoms with van der Waals surface area (Å²) in [4.78, 5) is 0. The maximum Gasteiger partial charge on any atom is 0.0933 e. The summed E-state index contributed by atoms with van der Waals surface area (Å²) in [6.07, 6.45) is 2.22. The Hall–Kier alpha value is -0.570. The number of rotatable bonds is 1. The van der Waals surface area contributed by atoms with E-state index in [1.165, 1.54) is 0 Å². The molecule has 2 rings (SSSR count). The highest BCUT2D eigenvalue weighted by Crippen LogP contribution is 2.36. The molecule has 1 atom stereocenters. The highest BCUT2D eigenvalue weighted by molar-refractivity contribution is 6.31. The average Bonchev–Trinajstić information content (AvgIpc) is 2.44. The van der Waals surface area contributed by atoms with Gasteiger partial charge in [0.15, 0.2) is 0 Å². The van der Waals surface area contributed by atoms with Gasteiger partial charge in [0.05, 0.1) is 5.60 Å². The van der Waals surface area contributed by atoms with E-state index in [0.717, 1.165) is 25.0 Å². The second kappa shape index (κ2) is 4.52. The van der Waals surface area contributed by atoms with Crippen LogP contribution in [0.15, 0.2) is 24.3 Å². The maximum atomic E-state index is 10.5. The Morgan fingerprint density at radius 1 is 1.20 bits per heavy atom. The summed E-state index contributed by atoms with van der Waals surface area (Å²) in [6, 6.07) is 7.50. The van der Waals surface area contributed by atoms with Gasteiger partial charge in [0, 0.05) is 30.2 Å². The van der Waals surface area contributed by atoms with Crippen LogP contribution in [0.2, 0.25) is 5.02 Å². The first-order chi connectivity index (χ1) is 7.22. The van der Waals surface area contributed by atoms with Gasteiger partial charge in [-0.05, 0) is 18.9 Å². The SMILES string of the molecule is OC1(c2ccccc2Cl)CCCOCC1. The van der Waals surface area contributed by atoms with Crippen LogP contribution in [0.1, 0.15) is 24.8 Å². The molecule has 1 aromatic carbocycles. The minimum absolute atomic E-state index is 0.599. The zero-order valence-corrected chi connectivity index (χ0v) is 9.33. The molecule has 0 aromatic heterocycles. The normalized spacial score (nSPS) is 27.3. The predicted octanol–water partition coefficient (Wildman–Crippen LogP) is 2.73. The van der Waals surface area contributed by atoms with Gasteiger partial charge < -0.3 is 9.84 Å². The van der Waals surface area contributed by atoms with Crippen LogP contribution in [0, 0.1) is 0 Å². The van der Waals surface area contributed by atoms with E-state index in [2.05, 4.69) is 0 Å². The fourth-order valence-electron chi connectivity index (χ4n) is 2.04. The lowest BCUT2D eigenvalue weighted by molar-refractivity contribution is 0.0145. The van der Waals surface area contributed by atoms with Crippen LogP contribution in [-0.2, 0) is 10.3 Å². The summed E-state index contributed by atoms with van der Waals surface area (Å²) in [5.41, 5.74) is 0.0200. The number of benzene rings is 1. The van der Waals surface area contributed by atoms with Gasteiger partial charge in [0.25, 0.3) is 0 Å². The first kappa shape index (κ1) is 10.9. The summed E-state index contributed by atoms with van der Waals surface area (Å²) in [5.74, 6) is 0. The monoisotopic (exact) mass is 226 g/mol. The molecule has 15 heavy (non-hydrogen) atoms. The second-order valence-electron chi connectivity index (χ2n) is 3.98. The van der Waals surface area contributed by atoms with E-state index in [1.807, 2.05) is 24.3 Å². The van der Waals surface area contributed by atoms with Crippen LogP contribution in [0.4, 0.5) is 0 Å². The number of hydrogen-bond acceptors (Lipinski definition) is 2. The minimum atomic E-state index is -0.811. The van der Waals surface area contributed by atoms with E-state index in [1.54, 1.807) is 0 Å². The molecule has 0 spiro atoms. The lowest BCUT2D eigenvalue weighted by atomic mass is 9.87. The first-order valence-electron chi connectivity index (χ1n) is 5.27. The van der Waals surface area contributed by atoms with Crippen molar-refractivity contribution in [1.82, 2.24) is 0 Å². The van der Waals surface area contributed by atoms with E-state index in [9.17, 15) is 5.11 Å². The zero-order valence-electron chi connectivity index (χ0n) is 8.58. The van der Waals surface area contributed by atoms with E-state index in [4.69, 9.17) is 16.3 Å². The van der Waals surface area contributed by atoms with Gasteiger partial charge >= 0.3 is 0 Å². The molecule has 1 fully saturated rings. The zero-order chi connectivity index (χ0) is 10.7. The third-order valence-corrected chi connectivity index (χ3v) is 3.24. The van der Waals surface area contributed by atoms with E-state index in [0.29, 0.717) is 18.1 Å². The van der Waals surface area contributed by atoms with Crippen LogP contribution in [0.5, 0.6) is 0 Å². The molecular weight excluding hydrogens is 212 g/mol. The molecule has 0 amide bonds. The van der Waals surface area contributed by atoms with Crippen molar-refractivity contribution in [2.24, 2.45) is 0 Å². The second-order valence-corrected chi connectivity index (χ2v) is 4.38. The van der Waals surface area contributed by atoms with Crippen molar-refractivity contribution in [3.05, 3.63) is 34.9 Å². The molecule has 3 heteroatoms. The Balaban J connectivity index is 2.30. The Labute approximate surface area is 94.8 Å². The fourth-order valence-corrected chi connectivity index (χ4v) is 2.35. The molecule has 1 N–H and O–H groups in total. The molecule has 2 nitrogen and oxygen atoms in total. The molecule has 1 aromatic rings. The van der Waals surface area contributed by atoms with Gasteiger partial charge in [-0.3, -0.25) is 0 Å². The topological polar surface area (TPSA) is 29.5 Å². The van der Waals surface area contributed by atoms with Gasteiger partial charge in [0.2, 0.25) is 0 Å². The van der Waals surface area contributed by atoms with E-state index >= 15 is 0 Å². The maximum absolute atomic E-state index is 10.5. The quantitative estimate of drug-likeness (QED) is 0.798. The summed E-state index contributed by atoms with van der Waals surface area (Å²) in [7, 11) is 0. The number of aliphatic hydroxyl groups is 1. The third-order valence-electron chi connectivity index (χ3n) is 2.91. The summed E-state index contributed by atoms with van der Waals surface area (Å²) < 4.78 is 5.35. The molecule has 0 saturated carbocycles. The number of ether oxygens (including phenoxy) is 1. The predicted molar refractivity (Wildman–Crippen MR) is 60.0 cm³/mol. The van der Waals surface area contributed by atoms with Gasteiger partial charge in [-0.15, -0.1) is 0 Å². The van der Waals surface area contributed by atoms with E-state index < -0.39 is 5.60 Å². The number of hydrogen-bond donors (Lipinski definition) is 1. The Morgan fingerprint density at radius 3 is 2.80 bits per heavy atom. The molecule has 0 aliphatic carbocycles. The Kier molecular flexibility index (Phi) is 3.29. The van der Waals surface area contributed by atoms with Crippen molar-refractivity contribution >= 4 is 11.6 Å². The van der Waals surface area contributed by atoms with Crippen LogP contribution < -0.4 is 0 Å². The van der Waals surface area contributed by atoms with Gasteiger partial charge in [0.1, 0.15) is 0 Å². The van der Waals surface area contributed by atoms with E-state index in [-0.39, 0.29) is 0 Å². The Morgan fingerprint density at radius 2 is 2.00 bits per heavy atom. The highest BCUT2D eigenvalue weighted by atomic mass is 35.5. The molecule has 1 heterocycles. The van der Waals surface area contributed by atoms with Crippen LogP contribution >= 0.6 is 11.6 Å². The van der Waals surface area contributed by atoms with Crippen molar-refractivity contribution in [2.75, 3.05) is 13.2 Å². The van der Waals surface area contributed by atoms with Gasteiger partial charge in [-0.25, -0.2) is 0 Å². The lowest BCUT2D eigenvalue weighted by Crippen LogP contribution is -2.26. The fraction of sp³-hybridized carbons (Fsp3) is 0.500. The Bertz CT molecular complexity index is 330. The first-order valence-corrected chi connectivity index (χ1v) is 5.65. The van der Waals surface area contributed by atoms with Crippen LogP contribution in [-0.4, -0.2) is 18.3 Å². The van der Waals surface area contributed by atoms with Gasteiger partial charge in [-0.2, -0.15) is 0 Å². The van der Waals surface area contributed by atoms with Crippen molar-refractivity contribution in [2.45, 2.75) is 24.9 Å². The van der Waals surface area contributed by atoms with Crippen molar-refractivity contribution in [3.63, 3.8) is 0 Å². The molecule has 1 aliphatic heterocycles. The summed E-state index contributed by atoms with van der Waals surface area (Å²) >= 11 is 6.10. The van der Waals surface area contributed by atoms with Crippen molar-refractivity contribution < 1.29 is 9.84 Å². The molecule has 1 aliphatic rings. The van der Waals surface area contributed by atoms with Crippen molar-refractivity contribution in [3.8, 4) is 0 Å². The lowest BCUT2D eigenvalue weighted by Gasteiger charge is -2.27. The largest absolute Gasteiger partial charge is 0.385 e.